The van der Waals surface area contributed by atoms with Crippen molar-refractivity contribution in [1.29, 1.82) is 0 Å². The van der Waals surface area contributed by atoms with Gasteiger partial charge in [-0.05, 0) is 42.7 Å². The molecule has 0 amide bonds. The number of furan rings is 1. The van der Waals surface area contributed by atoms with E-state index < -0.39 is 0 Å². The fourth-order valence-electron chi connectivity index (χ4n) is 2.36. The first kappa shape index (κ1) is 12.7. The van der Waals surface area contributed by atoms with Crippen molar-refractivity contribution in [2.24, 2.45) is 0 Å². The Balaban J connectivity index is 1.85. The molecule has 0 fully saturated rings. The third-order valence-electron chi connectivity index (χ3n) is 3.34. The van der Waals surface area contributed by atoms with Crippen LogP contribution in [0.3, 0.4) is 0 Å². The fraction of sp³-hybridized carbons (Fsp3) is 0.188. The second-order valence-corrected chi connectivity index (χ2v) is 4.89. The molecule has 0 bridgehead atoms. The molecule has 1 aromatic carbocycles. The zero-order chi connectivity index (χ0) is 14.1. The van der Waals surface area contributed by atoms with E-state index in [-0.39, 0.29) is 5.82 Å². The molecule has 0 radical (unpaired) electrons. The molecule has 3 aromatic rings. The van der Waals surface area contributed by atoms with Crippen LogP contribution in [0.1, 0.15) is 16.7 Å². The summed E-state index contributed by atoms with van der Waals surface area (Å²) in [4.78, 5) is 4.31. The number of pyridine rings is 1. The van der Waals surface area contributed by atoms with Gasteiger partial charge in [0.05, 0.1) is 11.6 Å². The minimum atomic E-state index is -0.135. The molecule has 102 valence electrons. The number of benzene rings is 1. The molecule has 20 heavy (non-hydrogen) atoms. The lowest BCUT2D eigenvalue weighted by Gasteiger charge is -2.09. The number of rotatable bonds is 3. The molecule has 4 heteroatoms. The number of nitrogens with zero attached hydrogens (tertiary/aromatic N) is 1. The smallest absolute Gasteiger partial charge is 0.139 e. The van der Waals surface area contributed by atoms with Gasteiger partial charge in [0.1, 0.15) is 17.2 Å². The van der Waals surface area contributed by atoms with Crippen molar-refractivity contribution < 1.29 is 8.81 Å². The first-order valence-corrected chi connectivity index (χ1v) is 6.47. The summed E-state index contributed by atoms with van der Waals surface area (Å²) in [6, 6.07) is 7.41. The number of aromatic nitrogens is 1. The molecule has 0 saturated heterocycles. The van der Waals surface area contributed by atoms with Crippen LogP contribution in [0, 0.1) is 19.7 Å². The minimum Gasteiger partial charge on any atom is -0.464 e. The standard InChI is InChI=1S/C16H15FN2O/c1-10-7-12(8-11(2)15(10)17)9-19-16-13-4-6-20-14(13)3-5-18-16/h3-8H,9H2,1-2H3,(H,18,19). The molecule has 0 aliphatic heterocycles. The highest BCUT2D eigenvalue weighted by molar-refractivity contribution is 5.87. The first-order valence-electron chi connectivity index (χ1n) is 6.47. The molecule has 0 spiro atoms. The molecule has 0 unspecified atom stereocenters. The quantitative estimate of drug-likeness (QED) is 0.775. The van der Waals surface area contributed by atoms with Gasteiger partial charge in [0.25, 0.3) is 0 Å². The number of nitrogens with one attached hydrogen (secondary N) is 1. The first-order chi connectivity index (χ1) is 9.65. The minimum absolute atomic E-state index is 0.135. The van der Waals surface area contributed by atoms with Gasteiger partial charge in [0.2, 0.25) is 0 Å². The van der Waals surface area contributed by atoms with Crippen molar-refractivity contribution in [2.75, 3.05) is 5.32 Å². The van der Waals surface area contributed by atoms with Gasteiger partial charge in [-0.15, -0.1) is 0 Å². The van der Waals surface area contributed by atoms with E-state index in [2.05, 4.69) is 10.3 Å². The summed E-state index contributed by atoms with van der Waals surface area (Å²) in [5.74, 6) is 0.639. The van der Waals surface area contributed by atoms with E-state index in [9.17, 15) is 4.39 Å². The average molecular weight is 270 g/mol. The molecule has 0 atom stereocenters. The van der Waals surface area contributed by atoms with Crippen LogP contribution in [-0.2, 0) is 6.54 Å². The van der Waals surface area contributed by atoms with Crippen LogP contribution in [0.2, 0.25) is 0 Å². The summed E-state index contributed by atoms with van der Waals surface area (Å²) in [6.45, 7) is 4.15. The largest absolute Gasteiger partial charge is 0.464 e. The zero-order valence-electron chi connectivity index (χ0n) is 11.4. The Hall–Kier alpha value is -2.36. The molecule has 3 nitrogen and oxygen atoms in total. The predicted octanol–water partition coefficient (Wildman–Crippen LogP) is 4.20. The molecular weight excluding hydrogens is 255 g/mol. The number of hydrogen-bond acceptors (Lipinski definition) is 3. The predicted molar refractivity (Wildman–Crippen MR) is 77.2 cm³/mol. The third-order valence-corrected chi connectivity index (χ3v) is 3.34. The van der Waals surface area contributed by atoms with E-state index in [1.165, 1.54) is 0 Å². The molecule has 3 rings (SSSR count). The maximum Gasteiger partial charge on any atom is 0.139 e. The van der Waals surface area contributed by atoms with Crippen LogP contribution < -0.4 is 5.32 Å². The lowest BCUT2D eigenvalue weighted by Crippen LogP contribution is -2.03. The SMILES string of the molecule is Cc1cc(CNc2nccc3occc23)cc(C)c1F. The second kappa shape index (κ2) is 4.96. The summed E-state index contributed by atoms with van der Waals surface area (Å²) < 4.78 is 18.9. The van der Waals surface area contributed by atoms with Crippen molar-refractivity contribution in [3.05, 3.63) is 59.2 Å². The fourth-order valence-corrected chi connectivity index (χ4v) is 2.36. The summed E-state index contributed by atoms with van der Waals surface area (Å²) in [5.41, 5.74) is 3.16. The van der Waals surface area contributed by atoms with Crippen LogP contribution >= 0.6 is 0 Å². The summed E-state index contributed by atoms with van der Waals surface area (Å²) in [5, 5.41) is 4.22. The van der Waals surface area contributed by atoms with Crippen LogP contribution in [-0.4, -0.2) is 4.98 Å². The molecule has 0 saturated carbocycles. The van der Waals surface area contributed by atoms with E-state index >= 15 is 0 Å². The van der Waals surface area contributed by atoms with E-state index in [1.807, 2.05) is 24.3 Å². The van der Waals surface area contributed by atoms with Crippen molar-refractivity contribution in [3.63, 3.8) is 0 Å². The number of fused-ring (bicyclic) bond motifs is 1. The van der Waals surface area contributed by atoms with Crippen molar-refractivity contribution in [3.8, 4) is 0 Å². The van der Waals surface area contributed by atoms with E-state index in [0.29, 0.717) is 17.7 Å². The van der Waals surface area contributed by atoms with E-state index in [1.54, 1.807) is 26.3 Å². The van der Waals surface area contributed by atoms with Gasteiger partial charge in [0, 0.05) is 12.7 Å². The number of aryl methyl sites for hydroxylation is 2. The Morgan fingerprint density at radius 2 is 1.95 bits per heavy atom. The van der Waals surface area contributed by atoms with Gasteiger partial charge in [-0.25, -0.2) is 9.37 Å². The van der Waals surface area contributed by atoms with Crippen LogP contribution in [0.4, 0.5) is 10.2 Å². The van der Waals surface area contributed by atoms with Gasteiger partial charge in [-0.1, -0.05) is 12.1 Å². The Morgan fingerprint density at radius 3 is 2.70 bits per heavy atom. The molecule has 2 heterocycles. The number of anilines is 1. The maximum atomic E-state index is 13.6. The number of hydrogen-bond donors (Lipinski definition) is 1. The highest BCUT2D eigenvalue weighted by Gasteiger charge is 2.07. The molecule has 2 aromatic heterocycles. The second-order valence-electron chi connectivity index (χ2n) is 4.89. The molecule has 0 aliphatic carbocycles. The Labute approximate surface area is 116 Å². The van der Waals surface area contributed by atoms with Crippen LogP contribution in [0.15, 0.2) is 41.1 Å². The van der Waals surface area contributed by atoms with E-state index in [4.69, 9.17) is 4.42 Å². The Morgan fingerprint density at radius 1 is 1.20 bits per heavy atom. The number of halogens is 1. The average Bonchev–Trinajstić information content (AvgIpc) is 2.91. The van der Waals surface area contributed by atoms with Gasteiger partial charge in [-0.3, -0.25) is 0 Å². The highest BCUT2D eigenvalue weighted by atomic mass is 19.1. The topological polar surface area (TPSA) is 38.1 Å². The van der Waals surface area contributed by atoms with Gasteiger partial charge >= 0.3 is 0 Å². The molecule has 1 N–H and O–H groups in total. The monoisotopic (exact) mass is 270 g/mol. The van der Waals surface area contributed by atoms with Crippen LogP contribution in [0.5, 0.6) is 0 Å². The van der Waals surface area contributed by atoms with Crippen molar-refractivity contribution in [2.45, 2.75) is 20.4 Å². The Bertz CT molecular complexity index is 741. The van der Waals surface area contributed by atoms with E-state index in [0.717, 1.165) is 22.4 Å². The third kappa shape index (κ3) is 2.25. The highest BCUT2D eigenvalue weighted by Crippen LogP contribution is 2.22. The maximum absolute atomic E-state index is 13.6. The molecular formula is C16H15FN2O. The van der Waals surface area contributed by atoms with Gasteiger partial charge in [-0.2, -0.15) is 0 Å². The lowest BCUT2D eigenvalue weighted by atomic mass is 10.1. The van der Waals surface area contributed by atoms with Gasteiger partial charge in [0.15, 0.2) is 0 Å². The summed E-state index contributed by atoms with van der Waals surface area (Å²) in [6.07, 6.45) is 3.35. The zero-order valence-corrected chi connectivity index (χ0v) is 11.4. The summed E-state index contributed by atoms with van der Waals surface area (Å²) in [7, 11) is 0. The normalized spacial score (nSPS) is 10.9. The molecule has 0 aliphatic rings. The van der Waals surface area contributed by atoms with Crippen molar-refractivity contribution in [1.82, 2.24) is 4.98 Å². The lowest BCUT2D eigenvalue weighted by molar-refractivity contribution is 0.608. The summed E-state index contributed by atoms with van der Waals surface area (Å²) >= 11 is 0. The van der Waals surface area contributed by atoms with Crippen molar-refractivity contribution >= 4 is 16.8 Å². The van der Waals surface area contributed by atoms with Gasteiger partial charge < -0.3 is 9.73 Å². The van der Waals surface area contributed by atoms with Crippen LogP contribution in [0.25, 0.3) is 11.0 Å². The Kier molecular flexibility index (Phi) is 3.14.